The van der Waals surface area contributed by atoms with Crippen molar-refractivity contribution in [2.24, 2.45) is 0 Å². The largest absolute Gasteiger partial charge is 0.341 e. The van der Waals surface area contributed by atoms with Crippen molar-refractivity contribution >= 4 is 5.91 Å². The normalized spacial score (nSPS) is 11.6. The molecule has 0 aliphatic rings. The molecular weight excluding hydrogens is 354 g/mol. The Balaban J connectivity index is 1.61. The van der Waals surface area contributed by atoms with E-state index in [2.05, 4.69) is 48.6 Å². The van der Waals surface area contributed by atoms with Crippen LogP contribution in [-0.2, 0) is 0 Å². The number of nitrogens with one attached hydrogen (secondary N) is 1. The number of hydrogen-bond acceptors (Lipinski definition) is 1. The summed E-state index contributed by atoms with van der Waals surface area (Å²) in [5.41, 5.74) is 6.21. The summed E-state index contributed by atoms with van der Waals surface area (Å²) in [6.07, 6.45) is 0. The van der Waals surface area contributed by atoms with E-state index >= 15 is 0 Å². The SMILES string of the molecule is Cc1ccccc1[C@H](NC(=O)c1ccc(-c2ccccc2)cc1)c1ccccc1. The van der Waals surface area contributed by atoms with Crippen molar-refractivity contribution in [2.45, 2.75) is 13.0 Å². The molecule has 0 bridgehead atoms. The maximum atomic E-state index is 13.0. The van der Waals surface area contributed by atoms with Gasteiger partial charge in [0.15, 0.2) is 0 Å². The fourth-order valence-corrected chi connectivity index (χ4v) is 3.56. The smallest absolute Gasteiger partial charge is 0.252 e. The van der Waals surface area contributed by atoms with E-state index in [1.54, 1.807) is 0 Å². The summed E-state index contributed by atoms with van der Waals surface area (Å²) < 4.78 is 0. The van der Waals surface area contributed by atoms with Gasteiger partial charge < -0.3 is 5.32 Å². The Morgan fingerprint density at radius 3 is 1.86 bits per heavy atom. The molecule has 1 amide bonds. The monoisotopic (exact) mass is 377 g/mol. The van der Waals surface area contributed by atoms with Gasteiger partial charge in [-0.3, -0.25) is 4.79 Å². The summed E-state index contributed by atoms with van der Waals surface area (Å²) in [6, 6.07) is 36.0. The molecule has 0 aromatic heterocycles. The number of aryl methyl sites for hydroxylation is 1. The molecule has 0 fully saturated rings. The Labute approximate surface area is 171 Å². The molecule has 4 aromatic carbocycles. The number of rotatable bonds is 5. The van der Waals surface area contributed by atoms with E-state index in [-0.39, 0.29) is 11.9 Å². The second-order valence-electron chi connectivity index (χ2n) is 7.12. The van der Waals surface area contributed by atoms with E-state index in [9.17, 15) is 4.79 Å². The van der Waals surface area contributed by atoms with Gasteiger partial charge in [0.25, 0.3) is 5.91 Å². The highest BCUT2D eigenvalue weighted by atomic mass is 16.1. The Hall–Kier alpha value is -3.65. The van der Waals surface area contributed by atoms with E-state index in [4.69, 9.17) is 0 Å². The predicted octanol–water partition coefficient (Wildman–Crippen LogP) is 6.18. The number of carbonyl (C=O) groups excluding carboxylic acids is 1. The van der Waals surface area contributed by atoms with Crippen LogP contribution < -0.4 is 5.32 Å². The third-order valence-electron chi connectivity index (χ3n) is 5.16. The Morgan fingerprint density at radius 2 is 1.21 bits per heavy atom. The number of amides is 1. The van der Waals surface area contributed by atoms with Crippen LogP contribution in [-0.4, -0.2) is 5.91 Å². The van der Waals surface area contributed by atoms with Crippen LogP contribution in [0, 0.1) is 6.92 Å². The van der Waals surface area contributed by atoms with E-state index in [0.29, 0.717) is 5.56 Å². The Morgan fingerprint density at radius 1 is 0.655 bits per heavy atom. The molecule has 0 unspecified atom stereocenters. The minimum absolute atomic E-state index is 0.0817. The number of carbonyl (C=O) groups is 1. The van der Waals surface area contributed by atoms with Gasteiger partial charge in [0.05, 0.1) is 6.04 Å². The molecule has 2 nitrogen and oxygen atoms in total. The first-order chi connectivity index (χ1) is 14.2. The van der Waals surface area contributed by atoms with Crippen LogP contribution in [0.2, 0.25) is 0 Å². The van der Waals surface area contributed by atoms with Gasteiger partial charge in [-0.15, -0.1) is 0 Å². The molecular formula is C27H23NO. The quantitative estimate of drug-likeness (QED) is 0.442. The lowest BCUT2D eigenvalue weighted by molar-refractivity contribution is 0.0943. The van der Waals surface area contributed by atoms with Gasteiger partial charge in [-0.1, -0.05) is 97.1 Å². The van der Waals surface area contributed by atoms with Gasteiger partial charge in [0.1, 0.15) is 0 Å². The van der Waals surface area contributed by atoms with E-state index in [0.717, 1.165) is 27.8 Å². The fourth-order valence-electron chi connectivity index (χ4n) is 3.56. The van der Waals surface area contributed by atoms with Crippen molar-refractivity contribution < 1.29 is 4.79 Å². The van der Waals surface area contributed by atoms with E-state index in [1.165, 1.54) is 0 Å². The molecule has 0 aliphatic heterocycles. The van der Waals surface area contributed by atoms with E-state index < -0.39 is 0 Å². The molecule has 4 aromatic rings. The third kappa shape index (κ3) is 4.27. The van der Waals surface area contributed by atoms with Crippen molar-refractivity contribution in [1.29, 1.82) is 0 Å². The number of benzene rings is 4. The summed E-state index contributed by atoms with van der Waals surface area (Å²) >= 11 is 0. The zero-order valence-corrected chi connectivity index (χ0v) is 16.4. The molecule has 0 spiro atoms. The molecule has 29 heavy (non-hydrogen) atoms. The van der Waals surface area contributed by atoms with E-state index in [1.807, 2.05) is 72.8 Å². The summed E-state index contributed by atoms with van der Waals surface area (Å²) in [4.78, 5) is 13.0. The highest BCUT2D eigenvalue weighted by molar-refractivity contribution is 5.95. The fraction of sp³-hybridized carbons (Fsp3) is 0.0741. The van der Waals surface area contributed by atoms with Gasteiger partial charge >= 0.3 is 0 Å². The average Bonchev–Trinajstić information content (AvgIpc) is 2.79. The van der Waals surface area contributed by atoms with Gasteiger partial charge in [0.2, 0.25) is 0 Å². The van der Waals surface area contributed by atoms with Crippen LogP contribution in [0.3, 0.4) is 0 Å². The lowest BCUT2D eigenvalue weighted by atomic mass is 9.94. The van der Waals surface area contributed by atoms with Gasteiger partial charge in [-0.05, 0) is 46.9 Å². The second kappa shape index (κ2) is 8.57. The molecule has 0 saturated carbocycles. The molecule has 0 heterocycles. The zero-order valence-electron chi connectivity index (χ0n) is 16.4. The minimum atomic E-state index is -0.196. The summed E-state index contributed by atoms with van der Waals surface area (Å²) in [5.74, 6) is -0.0817. The van der Waals surface area contributed by atoms with Crippen molar-refractivity contribution in [1.82, 2.24) is 5.32 Å². The van der Waals surface area contributed by atoms with Gasteiger partial charge in [-0.2, -0.15) is 0 Å². The van der Waals surface area contributed by atoms with Crippen molar-refractivity contribution in [3.8, 4) is 11.1 Å². The topological polar surface area (TPSA) is 29.1 Å². The van der Waals surface area contributed by atoms with Crippen LogP contribution in [0.15, 0.2) is 109 Å². The standard InChI is InChI=1S/C27H23NO/c1-20-10-8-9-15-25(20)26(23-13-6-3-7-14-23)28-27(29)24-18-16-22(17-19-24)21-11-4-2-5-12-21/h2-19,26H,1H3,(H,28,29)/t26-/m1/s1. The summed E-state index contributed by atoms with van der Waals surface area (Å²) in [7, 11) is 0. The molecule has 2 heteroatoms. The molecule has 142 valence electrons. The Bertz CT molecular complexity index is 1090. The van der Waals surface area contributed by atoms with Crippen LogP contribution in [0.4, 0.5) is 0 Å². The molecule has 1 N–H and O–H groups in total. The maximum Gasteiger partial charge on any atom is 0.252 e. The number of hydrogen-bond donors (Lipinski definition) is 1. The average molecular weight is 377 g/mol. The maximum absolute atomic E-state index is 13.0. The second-order valence-corrected chi connectivity index (χ2v) is 7.12. The highest BCUT2D eigenvalue weighted by Gasteiger charge is 2.19. The first-order valence-corrected chi connectivity index (χ1v) is 9.79. The molecule has 0 radical (unpaired) electrons. The summed E-state index contributed by atoms with van der Waals surface area (Å²) in [5, 5.41) is 3.23. The molecule has 0 aliphatic carbocycles. The molecule has 4 rings (SSSR count). The van der Waals surface area contributed by atoms with Crippen LogP contribution in [0.1, 0.15) is 33.1 Å². The third-order valence-corrected chi connectivity index (χ3v) is 5.16. The predicted molar refractivity (Wildman–Crippen MR) is 119 cm³/mol. The van der Waals surface area contributed by atoms with Crippen LogP contribution in [0.25, 0.3) is 11.1 Å². The first kappa shape index (κ1) is 18.7. The van der Waals surface area contributed by atoms with Crippen molar-refractivity contribution in [3.63, 3.8) is 0 Å². The summed E-state index contributed by atoms with van der Waals surface area (Å²) in [6.45, 7) is 2.08. The highest BCUT2D eigenvalue weighted by Crippen LogP contribution is 2.26. The lowest BCUT2D eigenvalue weighted by Gasteiger charge is -2.22. The van der Waals surface area contributed by atoms with Crippen molar-refractivity contribution in [3.05, 3.63) is 131 Å². The molecule has 1 atom stereocenters. The lowest BCUT2D eigenvalue weighted by Crippen LogP contribution is -2.29. The van der Waals surface area contributed by atoms with Gasteiger partial charge in [-0.25, -0.2) is 0 Å². The Kier molecular flexibility index (Phi) is 5.53. The van der Waals surface area contributed by atoms with Crippen LogP contribution >= 0.6 is 0 Å². The minimum Gasteiger partial charge on any atom is -0.341 e. The molecule has 0 saturated heterocycles. The van der Waals surface area contributed by atoms with Gasteiger partial charge in [0, 0.05) is 5.56 Å². The first-order valence-electron chi connectivity index (χ1n) is 9.79. The van der Waals surface area contributed by atoms with Crippen molar-refractivity contribution in [2.75, 3.05) is 0 Å². The van der Waals surface area contributed by atoms with Crippen LogP contribution in [0.5, 0.6) is 0 Å². The zero-order chi connectivity index (χ0) is 20.1.